The number of ether oxygens (including phenoxy) is 1. The lowest BCUT2D eigenvalue weighted by Gasteiger charge is -2.10. The van der Waals surface area contributed by atoms with Crippen molar-refractivity contribution in [3.8, 4) is 5.75 Å². The second-order valence-corrected chi connectivity index (χ2v) is 7.21. The molecule has 1 amide bonds. The molecular formula is C21H16N4O4S. The van der Waals surface area contributed by atoms with Gasteiger partial charge in [-0.15, -0.1) is 11.3 Å². The third kappa shape index (κ3) is 3.91. The lowest BCUT2D eigenvalue weighted by molar-refractivity contribution is 0.0698. The van der Waals surface area contributed by atoms with Crippen molar-refractivity contribution in [1.29, 1.82) is 0 Å². The summed E-state index contributed by atoms with van der Waals surface area (Å²) in [4.78, 5) is 31.6. The Morgan fingerprint density at radius 2 is 2.00 bits per heavy atom. The summed E-state index contributed by atoms with van der Waals surface area (Å²) in [6, 6.07) is 10.2. The van der Waals surface area contributed by atoms with Crippen LogP contribution in [0.4, 0.5) is 11.5 Å². The molecule has 0 atom stereocenters. The van der Waals surface area contributed by atoms with Gasteiger partial charge in [0.25, 0.3) is 5.91 Å². The molecule has 0 unspecified atom stereocenters. The molecule has 3 heterocycles. The Balaban J connectivity index is 1.51. The molecule has 3 aromatic heterocycles. The Hall–Kier alpha value is -3.98. The Bertz CT molecular complexity index is 1240. The predicted molar refractivity (Wildman–Crippen MR) is 114 cm³/mol. The molecule has 0 saturated heterocycles. The van der Waals surface area contributed by atoms with Crippen LogP contribution >= 0.6 is 11.3 Å². The standard InChI is InChI=1S/C21H16N4O4S/c22-19-17-13(11-30-18(17)16(9-24-19)21(27)28)10-29-15-3-1-2-14(8-15)25-20(26)12-4-6-23-7-5-12/h1-9,11H,10H2,(H2,22,24)(H,25,26)(H,27,28). The summed E-state index contributed by atoms with van der Waals surface area (Å²) in [6.45, 7) is 0.177. The molecule has 4 rings (SSSR count). The van der Waals surface area contributed by atoms with Crippen LogP contribution in [0.1, 0.15) is 26.3 Å². The van der Waals surface area contributed by atoms with Crippen LogP contribution in [0, 0.1) is 0 Å². The molecule has 0 bridgehead atoms. The van der Waals surface area contributed by atoms with Crippen molar-refractivity contribution >= 4 is 44.8 Å². The second kappa shape index (κ2) is 8.18. The number of nitrogen functional groups attached to an aromatic ring is 1. The van der Waals surface area contributed by atoms with E-state index in [4.69, 9.17) is 10.5 Å². The lowest BCUT2D eigenvalue weighted by atomic mass is 10.1. The molecule has 1 aromatic carbocycles. The van der Waals surface area contributed by atoms with Crippen LogP contribution in [-0.4, -0.2) is 27.0 Å². The number of nitrogens with one attached hydrogen (secondary N) is 1. The highest BCUT2D eigenvalue weighted by molar-refractivity contribution is 7.17. The van der Waals surface area contributed by atoms with Crippen LogP contribution < -0.4 is 15.8 Å². The normalized spacial score (nSPS) is 10.7. The molecule has 0 aliphatic rings. The topological polar surface area (TPSA) is 127 Å². The molecule has 0 fully saturated rings. The van der Waals surface area contributed by atoms with Gasteiger partial charge in [-0.3, -0.25) is 9.78 Å². The van der Waals surface area contributed by atoms with Gasteiger partial charge in [-0.1, -0.05) is 6.07 Å². The van der Waals surface area contributed by atoms with Crippen LogP contribution in [0.2, 0.25) is 0 Å². The van der Waals surface area contributed by atoms with Crippen molar-refractivity contribution in [2.45, 2.75) is 6.61 Å². The molecule has 9 heteroatoms. The first-order valence-corrected chi connectivity index (χ1v) is 9.73. The molecule has 8 nitrogen and oxygen atoms in total. The number of rotatable bonds is 6. The summed E-state index contributed by atoms with van der Waals surface area (Å²) in [5.41, 5.74) is 7.90. The number of aromatic carboxylic acids is 1. The minimum Gasteiger partial charge on any atom is -0.489 e. The van der Waals surface area contributed by atoms with E-state index in [9.17, 15) is 14.7 Å². The molecule has 4 N–H and O–H groups in total. The summed E-state index contributed by atoms with van der Waals surface area (Å²) in [6.07, 6.45) is 4.36. The van der Waals surface area contributed by atoms with Gasteiger partial charge in [0.2, 0.25) is 0 Å². The third-order valence-electron chi connectivity index (χ3n) is 4.36. The number of aromatic nitrogens is 2. The highest BCUT2D eigenvalue weighted by Crippen LogP contribution is 2.33. The summed E-state index contributed by atoms with van der Waals surface area (Å²) in [7, 11) is 0. The predicted octanol–water partition coefficient (Wildman–Crippen LogP) is 3.80. The highest BCUT2D eigenvalue weighted by Gasteiger charge is 2.17. The number of nitrogens with two attached hydrogens (primary N) is 1. The number of carboxylic acid groups (broad SMARTS) is 1. The summed E-state index contributed by atoms with van der Waals surface area (Å²) in [5.74, 6) is -0.506. The van der Waals surface area contributed by atoms with E-state index in [0.717, 1.165) is 5.56 Å². The van der Waals surface area contributed by atoms with Gasteiger partial charge < -0.3 is 20.9 Å². The van der Waals surface area contributed by atoms with E-state index in [-0.39, 0.29) is 23.9 Å². The number of amides is 1. The van der Waals surface area contributed by atoms with Crippen LogP contribution in [0.25, 0.3) is 10.1 Å². The van der Waals surface area contributed by atoms with Crippen molar-refractivity contribution in [2.75, 3.05) is 11.1 Å². The lowest BCUT2D eigenvalue weighted by Crippen LogP contribution is -2.11. The van der Waals surface area contributed by atoms with Crippen molar-refractivity contribution in [2.24, 2.45) is 0 Å². The Morgan fingerprint density at radius 3 is 2.77 bits per heavy atom. The average Bonchev–Trinajstić information content (AvgIpc) is 3.18. The number of anilines is 2. The van der Waals surface area contributed by atoms with Crippen LogP contribution in [0.15, 0.2) is 60.4 Å². The number of thiophene rings is 1. The molecule has 0 radical (unpaired) electrons. The maximum atomic E-state index is 12.3. The fourth-order valence-electron chi connectivity index (χ4n) is 2.92. The maximum absolute atomic E-state index is 12.3. The van der Waals surface area contributed by atoms with Gasteiger partial charge in [-0.2, -0.15) is 0 Å². The van der Waals surface area contributed by atoms with Crippen LogP contribution in [-0.2, 0) is 6.61 Å². The maximum Gasteiger partial charge on any atom is 0.338 e. The number of fused-ring (bicyclic) bond motifs is 1. The zero-order valence-electron chi connectivity index (χ0n) is 15.5. The van der Waals surface area contributed by atoms with E-state index < -0.39 is 5.97 Å². The van der Waals surface area contributed by atoms with Gasteiger partial charge >= 0.3 is 5.97 Å². The highest BCUT2D eigenvalue weighted by atomic mass is 32.1. The smallest absolute Gasteiger partial charge is 0.338 e. The molecule has 0 aliphatic heterocycles. The zero-order valence-corrected chi connectivity index (χ0v) is 16.3. The SMILES string of the molecule is Nc1ncc(C(=O)O)c2scc(COc3cccc(NC(=O)c4ccncc4)c3)c12. The first-order valence-electron chi connectivity index (χ1n) is 8.85. The van der Waals surface area contributed by atoms with Crippen LogP contribution in [0.3, 0.4) is 0 Å². The van der Waals surface area contributed by atoms with Gasteiger partial charge in [0.05, 0.1) is 10.3 Å². The summed E-state index contributed by atoms with van der Waals surface area (Å²) < 4.78 is 6.42. The first-order chi connectivity index (χ1) is 14.5. The fraction of sp³-hybridized carbons (Fsp3) is 0.0476. The average molecular weight is 420 g/mol. The van der Waals surface area contributed by atoms with Gasteiger partial charge in [-0.25, -0.2) is 9.78 Å². The summed E-state index contributed by atoms with van der Waals surface area (Å²) >= 11 is 1.28. The van der Waals surface area contributed by atoms with Crippen molar-refractivity contribution < 1.29 is 19.4 Å². The number of nitrogens with zero attached hydrogens (tertiary/aromatic N) is 2. The van der Waals surface area contributed by atoms with Gasteiger partial charge in [0.15, 0.2) is 0 Å². The molecule has 0 saturated carbocycles. The molecule has 150 valence electrons. The quantitative estimate of drug-likeness (QED) is 0.433. The van der Waals surface area contributed by atoms with Crippen molar-refractivity contribution in [3.05, 3.63) is 77.1 Å². The number of carbonyl (C=O) groups is 2. The van der Waals surface area contributed by atoms with E-state index in [1.165, 1.54) is 17.5 Å². The van der Waals surface area contributed by atoms with Crippen molar-refractivity contribution in [1.82, 2.24) is 9.97 Å². The summed E-state index contributed by atoms with van der Waals surface area (Å²) in [5, 5.41) is 14.5. The number of pyridine rings is 2. The van der Waals surface area contributed by atoms with E-state index in [2.05, 4.69) is 15.3 Å². The Morgan fingerprint density at radius 1 is 1.20 bits per heavy atom. The first kappa shape index (κ1) is 19.3. The largest absolute Gasteiger partial charge is 0.489 e. The zero-order chi connectivity index (χ0) is 21.1. The minimum absolute atomic E-state index is 0.108. The number of hydrogen-bond donors (Lipinski definition) is 3. The van der Waals surface area contributed by atoms with Gasteiger partial charge in [0, 0.05) is 46.9 Å². The van der Waals surface area contributed by atoms with Gasteiger partial charge in [0.1, 0.15) is 18.2 Å². The molecular weight excluding hydrogens is 404 g/mol. The molecule has 30 heavy (non-hydrogen) atoms. The number of carboxylic acids is 1. The van der Waals surface area contributed by atoms with E-state index >= 15 is 0 Å². The number of carbonyl (C=O) groups excluding carboxylic acids is 1. The Kier molecular flexibility index (Phi) is 5.27. The van der Waals surface area contributed by atoms with E-state index in [0.29, 0.717) is 27.1 Å². The minimum atomic E-state index is -1.06. The van der Waals surface area contributed by atoms with Crippen molar-refractivity contribution in [3.63, 3.8) is 0 Å². The van der Waals surface area contributed by atoms with Crippen LogP contribution in [0.5, 0.6) is 5.75 Å². The van der Waals surface area contributed by atoms with E-state index in [1.807, 2.05) is 5.38 Å². The monoisotopic (exact) mass is 420 g/mol. The number of benzene rings is 1. The second-order valence-electron chi connectivity index (χ2n) is 6.33. The third-order valence-corrected chi connectivity index (χ3v) is 5.42. The Labute approximate surface area is 175 Å². The number of hydrogen-bond acceptors (Lipinski definition) is 7. The van der Waals surface area contributed by atoms with E-state index in [1.54, 1.807) is 48.8 Å². The molecule has 0 spiro atoms. The molecule has 4 aromatic rings. The fourth-order valence-corrected chi connectivity index (χ4v) is 3.99. The van der Waals surface area contributed by atoms with Gasteiger partial charge in [-0.05, 0) is 29.6 Å². The molecule has 0 aliphatic carbocycles.